The first kappa shape index (κ1) is 22.3. The summed E-state index contributed by atoms with van der Waals surface area (Å²) in [6.07, 6.45) is 3.45. The highest BCUT2D eigenvalue weighted by atomic mass is 16.2. The minimum atomic E-state index is -0.368. The maximum absolute atomic E-state index is 12.4. The number of anilines is 1. The second-order valence-electron chi connectivity index (χ2n) is 10.6. The van der Waals surface area contributed by atoms with E-state index in [-0.39, 0.29) is 23.3 Å². The molecule has 0 saturated carbocycles. The molecule has 1 aromatic heterocycles. The maximum atomic E-state index is 12.4. The van der Waals surface area contributed by atoms with Crippen molar-refractivity contribution in [3.05, 3.63) is 23.9 Å². The number of benzene rings is 1. The van der Waals surface area contributed by atoms with E-state index in [0.717, 1.165) is 55.2 Å². The van der Waals surface area contributed by atoms with E-state index in [1.54, 1.807) is 0 Å². The third kappa shape index (κ3) is 4.38. The van der Waals surface area contributed by atoms with Gasteiger partial charge in [0.15, 0.2) is 0 Å². The summed E-state index contributed by atoms with van der Waals surface area (Å²) in [5, 5.41) is 11.6. The fraction of sp³-hybridized carbons (Fsp3) is 0.640. The number of aryl methyl sites for hydroxylation is 1. The zero-order valence-corrected chi connectivity index (χ0v) is 20.1. The van der Waals surface area contributed by atoms with Crippen molar-refractivity contribution in [2.24, 2.45) is 13.0 Å². The highest BCUT2D eigenvalue weighted by Gasteiger charge is 2.36. The van der Waals surface area contributed by atoms with Crippen LogP contribution < -0.4 is 15.5 Å². The molecular formula is C25H36N6O2. The van der Waals surface area contributed by atoms with Crippen molar-refractivity contribution in [1.82, 2.24) is 25.3 Å². The summed E-state index contributed by atoms with van der Waals surface area (Å²) in [5.41, 5.74) is 3.03. The van der Waals surface area contributed by atoms with Crippen LogP contribution in [0, 0.1) is 5.92 Å². The molecule has 2 N–H and O–H groups in total. The van der Waals surface area contributed by atoms with Gasteiger partial charge in [-0.3, -0.25) is 24.5 Å². The number of amides is 2. The summed E-state index contributed by atoms with van der Waals surface area (Å²) in [6, 6.07) is 6.49. The number of carbonyl (C=O) groups is 2. The van der Waals surface area contributed by atoms with Gasteiger partial charge in [0, 0.05) is 56.3 Å². The number of carbonyl (C=O) groups excluding carboxylic acids is 2. The van der Waals surface area contributed by atoms with Crippen molar-refractivity contribution in [2.75, 3.05) is 44.2 Å². The highest BCUT2D eigenvalue weighted by molar-refractivity contribution is 6.02. The van der Waals surface area contributed by atoms with Crippen LogP contribution in [0.4, 0.5) is 5.69 Å². The Balaban J connectivity index is 1.35. The quantitative estimate of drug-likeness (QED) is 0.691. The Hall–Kier alpha value is -2.45. The van der Waals surface area contributed by atoms with Gasteiger partial charge >= 0.3 is 0 Å². The second-order valence-corrected chi connectivity index (χ2v) is 10.6. The first-order chi connectivity index (χ1) is 15.8. The lowest BCUT2D eigenvalue weighted by atomic mass is 9.92. The van der Waals surface area contributed by atoms with Gasteiger partial charge in [0.1, 0.15) is 0 Å². The molecule has 1 unspecified atom stereocenters. The molecule has 8 nitrogen and oxygen atoms in total. The second kappa shape index (κ2) is 8.72. The number of nitrogens with one attached hydrogen (secondary N) is 2. The highest BCUT2D eigenvalue weighted by Crippen LogP contribution is 2.35. The normalized spacial score (nSPS) is 24.9. The summed E-state index contributed by atoms with van der Waals surface area (Å²) in [6.45, 7) is 11.3. The molecule has 4 heterocycles. The molecule has 3 fully saturated rings. The number of imide groups is 1. The average molecular weight is 453 g/mol. The topological polar surface area (TPSA) is 82.5 Å². The van der Waals surface area contributed by atoms with Gasteiger partial charge in [-0.1, -0.05) is 0 Å². The van der Waals surface area contributed by atoms with Crippen LogP contribution in [-0.4, -0.2) is 71.3 Å². The molecule has 0 bridgehead atoms. The third-order valence-electron chi connectivity index (χ3n) is 7.70. The smallest absolute Gasteiger partial charge is 0.235 e. The van der Waals surface area contributed by atoms with Crippen molar-refractivity contribution < 1.29 is 9.59 Å². The molecule has 1 aromatic carbocycles. The van der Waals surface area contributed by atoms with E-state index >= 15 is 0 Å². The zero-order valence-electron chi connectivity index (χ0n) is 20.1. The number of piperidine rings is 2. The Morgan fingerprint density at radius 3 is 2.64 bits per heavy atom. The molecule has 0 radical (unpaired) electrons. The van der Waals surface area contributed by atoms with Crippen LogP contribution in [0.25, 0.3) is 10.9 Å². The summed E-state index contributed by atoms with van der Waals surface area (Å²) in [5.74, 6) is 0.0129. The lowest BCUT2D eigenvalue weighted by Gasteiger charge is -2.49. The number of hydrogen-bond donors (Lipinski definition) is 2. The number of rotatable bonds is 4. The van der Waals surface area contributed by atoms with E-state index in [9.17, 15) is 9.59 Å². The lowest BCUT2D eigenvalue weighted by molar-refractivity contribution is -0.134. The Labute approximate surface area is 195 Å². The van der Waals surface area contributed by atoms with Gasteiger partial charge in [0.25, 0.3) is 0 Å². The van der Waals surface area contributed by atoms with Crippen LogP contribution in [0.1, 0.15) is 51.1 Å². The largest absolute Gasteiger partial charge is 0.364 e. The van der Waals surface area contributed by atoms with E-state index in [0.29, 0.717) is 12.8 Å². The Morgan fingerprint density at radius 2 is 1.91 bits per heavy atom. The fourth-order valence-corrected chi connectivity index (χ4v) is 5.97. The van der Waals surface area contributed by atoms with Gasteiger partial charge in [-0.15, -0.1) is 0 Å². The molecule has 1 atom stereocenters. The number of aromatic nitrogens is 2. The number of fused-ring (bicyclic) bond motifs is 1. The number of hydrogen-bond acceptors (Lipinski definition) is 6. The van der Waals surface area contributed by atoms with Crippen molar-refractivity contribution in [1.29, 1.82) is 0 Å². The van der Waals surface area contributed by atoms with Gasteiger partial charge in [0.05, 0.1) is 17.1 Å². The summed E-state index contributed by atoms with van der Waals surface area (Å²) in [4.78, 5) is 29.2. The van der Waals surface area contributed by atoms with E-state index < -0.39 is 0 Å². The van der Waals surface area contributed by atoms with Crippen LogP contribution in [-0.2, 0) is 16.6 Å². The Bertz CT molecular complexity index is 1050. The first-order valence-corrected chi connectivity index (χ1v) is 12.3. The van der Waals surface area contributed by atoms with E-state index in [4.69, 9.17) is 5.10 Å². The van der Waals surface area contributed by atoms with E-state index in [1.165, 1.54) is 25.1 Å². The maximum Gasteiger partial charge on any atom is 0.235 e. The van der Waals surface area contributed by atoms with Crippen molar-refractivity contribution in [3.63, 3.8) is 0 Å². The summed E-state index contributed by atoms with van der Waals surface area (Å²) in [7, 11) is 1.93. The van der Waals surface area contributed by atoms with Crippen molar-refractivity contribution in [3.8, 4) is 0 Å². The first-order valence-electron chi connectivity index (χ1n) is 12.3. The lowest BCUT2D eigenvalue weighted by Crippen LogP contribution is -2.60. The third-order valence-corrected chi connectivity index (χ3v) is 7.70. The fourth-order valence-electron chi connectivity index (χ4n) is 5.97. The molecule has 5 rings (SSSR count). The van der Waals surface area contributed by atoms with Gasteiger partial charge in [-0.25, -0.2) is 0 Å². The molecule has 3 aliphatic rings. The minimum absolute atomic E-state index is 0.0316. The number of nitrogens with zero attached hydrogens (tertiary/aromatic N) is 4. The van der Waals surface area contributed by atoms with Gasteiger partial charge < -0.3 is 10.2 Å². The van der Waals surface area contributed by atoms with Crippen LogP contribution in [0.3, 0.4) is 0 Å². The van der Waals surface area contributed by atoms with Crippen LogP contribution in [0.5, 0.6) is 0 Å². The Kier molecular flexibility index (Phi) is 5.91. The molecule has 3 saturated heterocycles. The van der Waals surface area contributed by atoms with E-state index in [1.807, 2.05) is 11.7 Å². The minimum Gasteiger partial charge on any atom is -0.364 e. The molecular weight excluding hydrogens is 416 g/mol. The summed E-state index contributed by atoms with van der Waals surface area (Å²) < 4.78 is 1.87. The zero-order chi connectivity index (χ0) is 23.2. The summed E-state index contributed by atoms with van der Waals surface area (Å²) >= 11 is 0. The predicted octanol–water partition coefficient (Wildman–Crippen LogP) is 1.99. The molecule has 2 aromatic rings. The molecule has 178 valence electrons. The van der Waals surface area contributed by atoms with Crippen molar-refractivity contribution >= 4 is 28.4 Å². The van der Waals surface area contributed by atoms with Crippen LogP contribution in [0.2, 0.25) is 0 Å². The van der Waals surface area contributed by atoms with Crippen LogP contribution in [0.15, 0.2) is 18.2 Å². The monoisotopic (exact) mass is 452 g/mol. The van der Waals surface area contributed by atoms with Gasteiger partial charge in [0.2, 0.25) is 11.8 Å². The molecule has 8 heteroatoms. The average Bonchev–Trinajstić information content (AvgIpc) is 3.09. The molecule has 2 amide bonds. The predicted molar refractivity (Wildman–Crippen MR) is 129 cm³/mol. The van der Waals surface area contributed by atoms with E-state index in [2.05, 4.69) is 52.5 Å². The standard InChI is InChI=1S/C25H36N6O2/c1-25(2)16-30(15-17-8-10-26-11-9-17)12-13-31(25)18-4-5-19-21(14-18)29(3)28-23(19)20-6-7-22(32)27-24(20)33/h4-5,14,17,20,26H,6-13,15-16H2,1-3H3,(H,27,32,33). The molecule has 0 aliphatic carbocycles. The number of piperazine rings is 1. The van der Waals surface area contributed by atoms with Crippen molar-refractivity contribution in [2.45, 2.75) is 51.0 Å². The Morgan fingerprint density at radius 1 is 1.12 bits per heavy atom. The van der Waals surface area contributed by atoms with Gasteiger partial charge in [-0.05, 0) is 70.3 Å². The SMILES string of the molecule is Cn1nc(C2CCC(=O)NC2=O)c2ccc(N3CCN(CC4CCNCC4)CC3(C)C)cc21. The molecule has 33 heavy (non-hydrogen) atoms. The molecule has 0 spiro atoms. The van der Waals surface area contributed by atoms with Crippen LogP contribution >= 0.6 is 0 Å². The van der Waals surface area contributed by atoms with Gasteiger partial charge in [-0.2, -0.15) is 5.10 Å². The molecule has 3 aliphatic heterocycles.